The predicted molar refractivity (Wildman–Crippen MR) is 83.9 cm³/mol. The van der Waals surface area contributed by atoms with Crippen molar-refractivity contribution in [1.82, 2.24) is 0 Å². The molecular formula is C15H13N3O5. The van der Waals surface area contributed by atoms with E-state index in [2.05, 4.69) is 10.5 Å². The van der Waals surface area contributed by atoms with Crippen LogP contribution in [0, 0.1) is 10.1 Å². The number of nitro benzene ring substituents is 1. The summed E-state index contributed by atoms with van der Waals surface area (Å²) in [4.78, 5) is 20.4. The van der Waals surface area contributed by atoms with Crippen LogP contribution in [0.5, 0.6) is 5.75 Å². The molecule has 0 amide bonds. The van der Waals surface area contributed by atoms with Gasteiger partial charge in [-0.1, -0.05) is 0 Å². The lowest BCUT2D eigenvalue weighted by Crippen LogP contribution is -2.09. The third-order valence-corrected chi connectivity index (χ3v) is 2.73. The molecule has 0 aromatic heterocycles. The molecule has 23 heavy (non-hydrogen) atoms. The van der Waals surface area contributed by atoms with Crippen molar-refractivity contribution in [2.24, 2.45) is 5.10 Å². The van der Waals surface area contributed by atoms with Crippen LogP contribution in [-0.2, 0) is 4.79 Å². The largest absolute Gasteiger partial charge is 0.482 e. The first-order valence-electron chi connectivity index (χ1n) is 6.53. The summed E-state index contributed by atoms with van der Waals surface area (Å²) in [7, 11) is 0. The molecule has 118 valence electrons. The molecule has 0 aliphatic rings. The van der Waals surface area contributed by atoms with E-state index in [0.717, 1.165) is 5.56 Å². The number of carboxylic acids is 1. The van der Waals surface area contributed by atoms with E-state index in [9.17, 15) is 14.9 Å². The van der Waals surface area contributed by atoms with Crippen molar-refractivity contribution >= 4 is 23.6 Å². The summed E-state index contributed by atoms with van der Waals surface area (Å²) in [6.07, 6.45) is 1.56. The molecule has 0 saturated heterocycles. The van der Waals surface area contributed by atoms with Gasteiger partial charge < -0.3 is 9.84 Å². The second kappa shape index (κ2) is 7.55. The van der Waals surface area contributed by atoms with E-state index in [1.807, 2.05) is 0 Å². The number of hydrogen-bond donors (Lipinski definition) is 2. The standard InChI is InChI=1S/C15H13N3O5/c19-15(20)10-23-14-7-1-11(2-8-14)9-16-17-12-3-5-13(6-4-12)18(21)22/h1-9,17H,10H2,(H,19,20). The van der Waals surface area contributed by atoms with Gasteiger partial charge in [0, 0.05) is 12.1 Å². The van der Waals surface area contributed by atoms with E-state index >= 15 is 0 Å². The quantitative estimate of drug-likeness (QED) is 0.461. The average molecular weight is 315 g/mol. The number of carbonyl (C=O) groups is 1. The van der Waals surface area contributed by atoms with Gasteiger partial charge in [0.25, 0.3) is 5.69 Å². The number of hydrazone groups is 1. The first-order chi connectivity index (χ1) is 11.0. The van der Waals surface area contributed by atoms with E-state index in [0.29, 0.717) is 11.4 Å². The minimum atomic E-state index is -1.04. The van der Waals surface area contributed by atoms with Crippen molar-refractivity contribution in [3.05, 3.63) is 64.2 Å². The van der Waals surface area contributed by atoms with Crippen LogP contribution in [0.3, 0.4) is 0 Å². The maximum Gasteiger partial charge on any atom is 0.341 e. The molecule has 8 heteroatoms. The van der Waals surface area contributed by atoms with E-state index in [4.69, 9.17) is 9.84 Å². The third kappa shape index (κ3) is 5.12. The van der Waals surface area contributed by atoms with Gasteiger partial charge in [-0.3, -0.25) is 15.5 Å². The Labute approximate surface area is 131 Å². The van der Waals surface area contributed by atoms with Crippen molar-refractivity contribution in [3.8, 4) is 5.75 Å². The minimum Gasteiger partial charge on any atom is -0.482 e. The highest BCUT2D eigenvalue weighted by Gasteiger charge is 2.03. The highest BCUT2D eigenvalue weighted by molar-refractivity contribution is 5.80. The summed E-state index contributed by atoms with van der Waals surface area (Å²) in [6, 6.07) is 12.6. The first-order valence-corrected chi connectivity index (χ1v) is 6.53. The Morgan fingerprint density at radius 2 is 1.87 bits per heavy atom. The highest BCUT2D eigenvalue weighted by atomic mass is 16.6. The van der Waals surface area contributed by atoms with Crippen molar-refractivity contribution in [2.75, 3.05) is 12.0 Å². The minimum absolute atomic E-state index is 0.0106. The van der Waals surface area contributed by atoms with Crippen molar-refractivity contribution in [1.29, 1.82) is 0 Å². The zero-order valence-electron chi connectivity index (χ0n) is 11.9. The number of nitrogens with zero attached hydrogens (tertiary/aromatic N) is 2. The lowest BCUT2D eigenvalue weighted by Gasteiger charge is -2.03. The van der Waals surface area contributed by atoms with Gasteiger partial charge in [0.15, 0.2) is 6.61 Å². The Hall–Kier alpha value is -3.42. The Balaban J connectivity index is 1.90. The van der Waals surface area contributed by atoms with Gasteiger partial charge in [-0.05, 0) is 42.0 Å². The average Bonchev–Trinajstić information content (AvgIpc) is 2.54. The van der Waals surface area contributed by atoms with Gasteiger partial charge in [0.2, 0.25) is 0 Å². The summed E-state index contributed by atoms with van der Waals surface area (Å²) in [5, 5.41) is 23.1. The maximum absolute atomic E-state index is 10.5. The van der Waals surface area contributed by atoms with Gasteiger partial charge >= 0.3 is 5.97 Å². The molecule has 0 fully saturated rings. The molecule has 0 spiro atoms. The number of hydrogen-bond acceptors (Lipinski definition) is 6. The Morgan fingerprint density at radius 1 is 1.22 bits per heavy atom. The van der Waals surface area contributed by atoms with Crippen LogP contribution in [0.1, 0.15) is 5.56 Å². The van der Waals surface area contributed by atoms with Gasteiger partial charge in [-0.2, -0.15) is 5.10 Å². The van der Waals surface area contributed by atoms with Crippen molar-refractivity contribution in [2.45, 2.75) is 0 Å². The first kappa shape index (κ1) is 16.0. The van der Waals surface area contributed by atoms with E-state index in [-0.39, 0.29) is 5.69 Å². The van der Waals surface area contributed by atoms with Crippen LogP contribution in [0.2, 0.25) is 0 Å². The van der Waals surface area contributed by atoms with Crippen LogP contribution >= 0.6 is 0 Å². The lowest BCUT2D eigenvalue weighted by atomic mass is 10.2. The molecule has 0 bridgehead atoms. The topological polar surface area (TPSA) is 114 Å². The summed E-state index contributed by atoms with van der Waals surface area (Å²) < 4.78 is 5.01. The zero-order valence-corrected chi connectivity index (χ0v) is 11.9. The lowest BCUT2D eigenvalue weighted by molar-refractivity contribution is -0.384. The molecule has 2 aromatic carbocycles. The molecule has 0 aliphatic carbocycles. The van der Waals surface area contributed by atoms with Crippen LogP contribution in [0.25, 0.3) is 0 Å². The van der Waals surface area contributed by atoms with E-state index < -0.39 is 17.5 Å². The third-order valence-electron chi connectivity index (χ3n) is 2.73. The Morgan fingerprint density at radius 3 is 2.43 bits per heavy atom. The SMILES string of the molecule is O=C(O)COc1ccc(C=NNc2ccc([N+](=O)[O-])cc2)cc1. The molecule has 8 nitrogen and oxygen atoms in total. The van der Waals surface area contributed by atoms with Crippen LogP contribution < -0.4 is 10.2 Å². The van der Waals surface area contributed by atoms with Crippen LogP contribution in [0.15, 0.2) is 53.6 Å². The molecule has 2 aromatic rings. The fourth-order valence-corrected chi connectivity index (χ4v) is 1.63. The molecule has 0 heterocycles. The number of anilines is 1. The second-order valence-corrected chi connectivity index (χ2v) is 4.43. The monoisotopic (exact) mass is 315 g/mol. The number of nitro groups is 1. The number of ether oxygens (including phenoxy) is 1. The fourth-order valence-electron chi connectivity index (χ4n) is 1.63. The Kier molecular flexibility index (Phi) is 5.24. The van der Waals surface area contributed by atoms with Gasteiger partial charge in [-0.25, -0.2) is 4.79 Å². The molecule has 2 N–H and O–H groups in total. The van der Waals surface area contributed by atoms with Crippen LogP contribution in [0.4, 0.5) is 11.4 Å². The summed E-state index contributed by atoms with van der Waals surface area (Å²) in [5.41, 5.74) is 4.16. The molecule has 0 radical (unpaired) electrons. The fraction of sp³-hybridized carbons (Fsp3) is 0.0667. The number of carboxylic acid groups (broad SMARTS) is 1. The summed E-state index contributed by atoms with van der Waals surface area (Å²) in [6.45, 7) is -0.394. The van der Waals surface area contributed by atoms with Gasteiger partial charge in [0.05, 0.1) is 16.8 Å². The normalized spacial score (nSPS) is 10.4. The van der Waals surface area contributed by atoms with Crippen LogP contribution in [-0.4, -0.2) is 28.8 Å². The molecule has 0 unspecified atom stereocenters. The molecule has 0 saturated carbocycles. The highest BCUT2D eigenvalue weighted by Crippen LogP contribution is 2.15. The smallest absolute Gasteiger partial charge is 0.341 e. The summed E-state index contributed by atoms with van der Waals surface area (Å²) >= 11 is 0. The second-order valence-electron chi connectivity index (χ2n) is 4.43. The van der Waals surface area contributed by atoms with E-state index in [1.165, 1.54) is 12.1 Å². The molecule has 0 atom stereocenters. The van der Waals surface area contributed by atoms with Crippen molar-refractivity contribution in [3.63, 3.8) is 0 Å². The Bertz CT molecular complexity index is 711. The maximum atomic E-state index is 10.5. The molecule has 0 aliphatic heterocycles. The number of aliphatic carboxylic acids is 1. The molecular weight excluding hydrogens is 302 g/mol. The van der Waals surface area contributed by atoms with Gasteiger partial charge in [-0.15, -0.1) is 0 Å². The number of rotatable bonds is 7. The molecule has 2 rings (SSSR count). The van der Waals surface area contributed by atoms with Crippen molar-refractivity contribution < 1.29 is 19.6 Å². The number of benzene rings is 2. The number of nitrogens with one attached hydrogen (secondary N) is 1. The summed E-state index contributed by atoms with van der Waals surface area (Å²) in [5.74, 6) is -0.587. The van der Waals surface area contributed by atoms with E-state index in [1.54, 1.807) is 42.6 Å². The predicted octanol–water partition coefficient (Wildman–Crippen LogP) is 2.50. The zero-order chi connectivity index (χ0) is 16.7. The van der Waals surface area contributed by atoms with Gasteiger partial charge in [0.1, 0.15) is 5.75 Å². The number of non-ortho nitro benzene ring substituents is 1.